The number of rotatable bonds is 43. The number of ether oxygens (including phenoxy) is 8. The molecular weight excluding hydrogens is 1230 g/mol. The number of hydrogen-bond donors (Lipinski definition) is 0. The van der Waals surface area contributed by atoms with Gasteiger partial charge in [0, 0.05) is 8.95 Å². The smallest absolute Gasteiger partial charge is 0.161 e. The molecule has 8 aromatic carbocycles. The maximum atomic E-state index is 6.15. The summed E-state index contributed by atoms with van der Waals surface area (Å²) in [6, 6.07) is 63.6. The van der Waals surface area contributed by atoms with E-state index >= 15 is 0 Å². The Morgan fingerprint density at radius 1 is 0.205 bits per heavy atom. The lowest BCUT2D eigenvalue weighted by Crippen LogP contribution is -2.03. The summed E-state index contributed by atoms with van der Waals surface area (Å²) in [4.78, 5) is 0. The minimum Gasteiger partial charge on any atom is -0.494 e. The molecule has 8 rings (SSSR count). The third kappa shape index (κ3) is 26.0. The molecule has 0 saturated heterocycles. The zero-order valence-electron chi connectivity index (χ0n) is 50.7. The molecule has 8 aromatic rings. The molecule has 88 heavy (non-hydrogen) atoms. The first-order valence-corrected chi connectivity index (χ1v) is 33.0. The topological polar surface area (TPSA) is 123 Å². The van der Waals surface area contributed by atoms with E-state index in [9.17, 15) is 0 Å². The van der Waals surface area contributed by atoms with Crippen LogP contribution in [0.15, 0.2) is 224 Å². The van der Waals surface area contributed by atoms with E-state index in [0.29, 0.717) is 52.9 Å². The number of azo groups is 2. The first-order chi connectivity index (χ1) is 43.5. The highest BCUT2D eigenvalue weighted by atomic mass is 79.9. The third-order valence-electron chi connectivity index (χ3n) is 14.4. The van der Waals surface area contributed by atoms with Crippen LogP contribution in [0.1, 0.15) is 116 Å². The van der Waals surface area contributed by atoms with Gasteiger partial charge in [-0.05, 0) is 234 Å². The molecule has 462 valence electrons. The molecule has 12 nitrogen and oxygen atoms in total. The fraction of sp³-hybridized carbons (Fsp3) is 0.351. The van der Waals surface area contributed by atoms with Gasteiger partial charge in [0.1, 0.15) is 23.0 Å². The first kappa shape index (κ1) is 66.3. The van der Waals surface area contributed by atoms with Crippen LogP contribution in [0.3, 0.4) is 0 Å². The Hall–Kier alpha value is -7.68. The second-order valence-electron chi connectivity index (χ2n) is 21.4. The molecule has 0 aliphatic heterocycles. The van der Waals surface area contributed by atoms with E-state index in [1.165, 1.54) is 0 Å². The van der Waals surface area contributed by atoms with Crippen molar-refractivity contribution in [3.8, 4) is 57.1 Å². The molecule has 0 aromatic heterocycles. The second kappa shape index (κ2) is 40.0. The molecule has 14 heteroatoms. The van der Waals surface area contributed by atoms with Crippen LogP contribution >= 0.6 is 31.9 Å². The fourth-order valence-electron chi connectivity index (χ4n) is 9.40. The van der Waals surface area contributed by atoms with Gasteiger partial charge in [-0.3, -0.25) is 0 Å². The summed E-state index contributed by atoms with van der Waals surface area (Å²) in [6.07, 6.45) is 19.1. The summed E-state index contributed by atoms with van der Waals surface area (Å²) in [5.41, 5.74) is 5.50. The van der Waals surface area contributed by atoms with Gasteiger partial charge in [-0.1, -0.05) is 119 Å². The molecule has 0 saturated carbocycles. The average molecular weight is 1320 g/mol. The van der Waals surface area contributed by atoms with Crippen LogP contribution in [0.4, 0.5) is 22.7 Å². The predicted molar refractivity (Wildman–Crippen MR) is 361 cm³/mol. The molecule has 0 heterocycles. The number of unbranched alkanes of at least 4 members (excludes halogenated alkanes) is 14. The molecule has 0 amide bonds. The van der Waals surface area contributed by atoms with Gasteiger partial charge >= 0.3 is 0 Å². The molecule has 0 N–H and O–H groups in total. The van der Waals surface area contributed by atoms with Gasteiger partial charge < -0.3 is 37.9 Å². The molecule has 0 unspecified atom stereocenters. The minimum absolute atomic E-state index is 0.663. The summed E-state index contributed by atoms with van der Waals surface area (Å²) in [6.45, 7) is 5.45. The van der Waals surface area contributed by atoms with Gasteiger partial charge in [0.2, 0.25) is 0 Å². The first-order valence-electron chi connectivity index (χ1n) is 31.4. The lowest BCUT2D eigenvalue weighted by atomic mass is 10.1. The number of halogens is 2. The van der Waals surface area contributed by atoms with Crippen molar-refractivity contribution in [2.45, 2.75) is 116 Å². The van der Waals surface area contributed by atoms with E-state index in [4.69, 9.17) is 37.9 Å². The van der Waals surface area contributed by atoms with Crippen LogP contribution in [0.25, 0.3) is 11.1 Å². The highest BCUT2D eigenvalue weighted by Gasteiger charge is 2.08. The van der Waals surface area contributed by atoms with Crippen molar-refractivity contribution in [1.29, 1.82) is 0 Å². The van der Waals surface area contributed by atoms with Gasteiger partial charge in [-0.25, -0.2) is 0 Å². The van der Waals surface area contributed by atoms with Crippen molar-refractivity contribution < 1.29 is 37.9 Å². The number of nitrogens with zero attached hydrogens (tertiary/aromatic N) is 4. The fourth-order valence-corrected chi connectivity index (χ4v) is 9.93. The zero-order valence-corrected chi connectivity index (χ0v) is 53.8. The third-order valence-corrected chi connectivity index (χ3v) is 15.4. The standard InChI is InChI=1S/C74H84Br2N4O8/c75-61-31-35-63(36-32-61)77-79-65-39-47-69(48-40-65)83-51-15-3-1-5-19-55-85-71-23-11-13-25-73(71)87-57-21-9-7-17-53-81-67-43-27-59(28-44-67)60-29-45-68(46-30-60)82-54-18-8-10-22-58-88-74-26-14-12-24-72(74)86-56-20-6-2-4-16-52-84-70-49-41-66(42-50-70)80-78-64-37-33-62(76)34-38-64/h11-14,23-50H,1-10,15-22,51-58H2. The SMILES string of the molecule is Brc1ccc(N=Nc2ccc(OCCCCCCCOc3ccccc3OCCCCCCOc3ccc(-c4ccc(OCCCCCCOc5ccccc5OCCCCCCCOc5ccc(N=Nc6ccc(Br)cc6)cc5)cc4)cc3)cc2)cc1. The number of hydrogen-bond acceptors (Lipinski definition) is 12. The molecular formula is C74H84Br2N4O8. The molecule has 0 aliphatic rings. The lowest BCUT2D eigenvalue weighted by Gasteiger charge is -2.13. The zero-order chi connectivity index (χ0) is 60.7. The van der Waals surface area contributed by atoms with E-state index in [1.807, 2.05) is 146 Å². The summed E-state index contributed by atoms with van der Waals surface area (Å²) in [5, 5.41) is 17.2. The van der Waals surface area contributed by atoms with Gasteiger partial charge in [0.05, 0.1) is 75.6 Å². The van der Waals surface area contributed by atoms with Crippen LogP contribution in [0, 0.1) is 0 Å². The van der Waals surface area contributed by atoms with E-state index in [2.05, 4.69) is 101 Å². The molecule has 0 aliphatic carbocycles. The number of para-hydroxylation sites is 4. The minimum atomic E-state index is 0.663. The van der Waals surface area contributed by atoms with E-state index < -0.39 is 0 Å². The highest BCUT2D eigenvalue weighted by molar-refractivity contribution is 9.10. The molecule has 0 fully saturated rings. The average Bonchev–Trinajstić information content (AvgIpc) is 3.64. The Morgan fingerprint density at radius 2 is 0.398 bits per heavy atom. The van der Waals surface area contributed by atoms with Gasteiger partial charge in [-0.15, -0.1) is 0 Å². The second-order valence-corrected chi connectivity index (χ2v) is 23.3. The molecule has 0 atom stereocenters. The maximum Gasteiger partial charge on any atom is 0.161 e. The van der Waals surface area contributed by atoms with Gasteiger partial charge in [0.15, 0.2) is 23.0 Å². The molecule has 0 bridgehead atoms. The monoisotopic (exact) mass is 1310 g/mol. The van der Waals surface area contributed by atoms with Crippen molar-refractivity contribution in [1.82, 2.24) is 0 Å². The van der Waals surface area contributed by atoms with E-state index in [0.717, 1.165) is 204 Å². The van der Waals surface area contributed by atoms with Crippen LogP contribution < -0.4 is 37.9 Å². The summed E-state index contributed by atoms with van der Waals surface area (Å²) in [7, 11) is 0. The Labute approximate surface area is 538 Å². The Balaban J connectivity index is 0.575. The summed E-state index contributed by atoms with van der Waals surface area (Å²) >= 11 is 6.88. The largest absolute Gasteiger partial charge is 0.494 e. The Kier molecular flexibility index (Phi) is 30.1. The highest BCUT2D eigenvalue weighted by Crippen LogP contribution is 2.31. The summed E-state index contributed by atoms with van der Waals surface area (Å²) in [5.74, 6) is 6.73. The van der Waals surface area contributed by atoms with Crippen molar-refractivity contribution in [2.75, 3.05) is 52.9 Å². The summed E-state index contributed by atoms with van der Waals surface area (Å²) < 4.78 is 50.7. The Morgan fingerprint density at radius 3 is 0.636 bits per heavy atom. The van der Waals surface area contributed by atoms with Crippen LogP contribution in [-0.2, 0) is 0 Å². The van der Waals surface area contributed by atoms with Crippen molar-refractivity contribution >= 4 is 54.6 Å². The predicted octanol–water partition coefficient (Wildman–Crippen LogP) is 22.6. The van der Waals surface area contributed by atoms with Crippen molar-refractivity contribution in [3.05, 3.63) is 203 Å². The van der Waals surface area contributed by atoms with Gasteiger partial charge in [0.25, 0.3) is 0 Å². The van der Waals surface area contributed by atoms with Gasteiger partial charge in [-0.2, -0.15) is 20.5 Å². The lowest BCUT2D eigenvalue weighted by molar-refractivity contribution is 0.255. The molecule has 0 spiro atoms. The normalized spacial score (nSPS) is 11.2. The molecule has 0 radical (unpaired) electrons. The van der Waals surface area contributed by atoms with Crippen molar-refractivity contribution in [2.24, 2.45) is 20.5 Å². The van der Waals surface area contributed by atoms with E-state index in [1.54, 1.807) is 0 Å². The van der Waals surface area contributed by atoms with Crippen LogP contribution in [-0.4, -0.2) is 52.9 Å². The number of benzene rings is 8. The van der Waals surface area contributed by atoms with E-state index in [-0.39, 0.29) is 0 Å². The van der Waals surface area contributed by atoms with Crippen LogP contribution in [0.2, 0.25) is 0 Å². The maximum absolute atomic E-state index is 6.15. The Bertz CT molecular complexity index is 3000. The van der Waals surface area contributed by atoms with Crippen LogP contribution in [0.5, 0.6) is 46.0 Å². The quantitative estimate of drug-likeness (QED) is 0.0273. The van der Waals surface area contributed by atoms with Crippen molar-refractivity contribution in [3.63, 3.8) is 0 Å².